The van der Waals surface area contributed by atoms with Gasteiger partial charge in [0.25, 0.3) is 5.69 Å². The van der Waals surface area contributed by atoms with E-state index in [1.54, 1.807) is 0 Å². The average Bonchev–Trinajstić information content (AvgIpc) is 2.37. The van der Waals surface area contributed by atoms with Crippen molar-refractivity contribution in [1.29, 1.82) is 0 Å². The lowest BCUT2D eigenvalue weighted by molar-refractivity contribution is -0.385. The maximum absolute atomic E-state index is 13.2. The molecule has 0 atom stereocenters. The van der Waals surface area contributed by atoms with E-state index in [9.17, 15) is 14.5 Å². The van der Waals surface area contributed by atoms with Crippen molar-refractivity contribution in [2.24, 2.45) is 5.92 Å². The molecule has 0 amide bonds. The summed E-state index contributed by atoms with van der Waals surface area (Å²) < 4.78 is 18.4. The largest absolute Gasteiger partial charge is 0.384 e. The van der Waals surface area contributed by atoms with Crippen LogP contribution in [-0.2, 0) is 4.74 Å². The van der Waals surface area contributed by atoms with Gasteiger partial charge in [0.15, 0.2) is 0 Å². The number of nitrogens with zero attached hydrogens (tertiary/aromatic N) is 1. The van der Waals surface area contributed by atoms with Gasteiger partial charge >= 0.3 is 0 Å². The van der Waals surface area contributed by atoms with Crippen LogP contribution in [0.4, 0.5) is 15.8 Å². The van der Waals surface area contributed by atoms with Crippen molar-refractivity contribution in [3.05, 3.63) is 34.1 Å². The Kier molecular flexibility index (Phi) is 4.09. The number of ether oxygens (including phenoxy) is 1. The van der Waals surface area contributed by atoms with Crippen LogP contribution in [0.1, 0.15) is 12.8 Å². The fourth-order valence-corrected chi connectivity index (χ4v) is 1.99. The molecule has 0 saturated carbocycles. The van der Waals surface area contributed by atoms with Crippen LogP contribution in [0.5, 0.6) is 0 Å². The van der Waals surface area contributed by atoms with E-state index in [0.717, 1.165) is 32.1 Å². The first-order valence-corrected chi connectivity index (χ1v) is 5.92. The Labute approximate surface area is 104 Å². The van der Waals surface area contributed by atoms with E-state index in [4.69, 9.17) is 4.74 Å². The number of hydrogen-bond donors (Lipinski definition) is 1. The molecule has 1 aromatic rings. The summed E-state index contributed by atoms with van der Waals surface area (Å²) in [5.74, 6) is -0.125. The Morgan fingerprint density at radius 1 is 1.39 bits per heavy atom. The summed E-state index contributed by atoms with van der Waals surface area (Å²) in [6.45, 7) is 2.18. The van der Waals surface area contributed by atoms with E-state index < -0.39 is 10.7 Å². The van der Waals surface area contributed by atoms with Crippen molar-refractivity contribution in [3.63, 3.8) is 0 Å². The zero-order valence-corrected chi connectivity index (χ0v) is 9.89. The summed E-state index contributed by atoms with van der Waals surface area (Å²) in [5.41, 5.74) is 0.220. The van der Waals surface area contributed by atoms with Crippen LogP contribution in [0.15, 0.2) is 18.2 Å². The van der Waals surface area contributed by atoms with Gasteiger partial charge in [-0.3, -0.25) is 10.1 Å². The third kappa shape index (κ3) is 3.40. The highest BCUT2D eigenvalue weighted by atomic mass is 19.1. The highest BCUT2D eigenvalue weighted by Crippen LogP contribution is 2.21. The van der Waals surface area contributed by atoms with Crippen LogP contribution in [0.2, 0.25) is 0 Å². The zero-order valence-electron chi connectivity index (χ0n) is 9.89. The van der Waals surface area contributed by atoms with E-state index >= 15 is 0 Å². The molecular formula is C12H15FN2O3. The normalized spacial score (nSPS) is 16.5. The third-order valence-corrected chi connectivity index (χ3v) is 3.03. The monoisotopic (exact) mass is 254 g/mol. The van der Waals surface area contributed by atoms with Crippen molar-refractivity contribution in [1.82, 2.24) is 0 Å². The van der Waals surface area contributed by atoms with Crippen LogP contribution < -0.4 is 5.32 Å². The highest BCUT2D eigenvalue weighted by Gasteiger charge is 2.14. The Balaban J connectivity index is 1.97. The van der Waals surface area contributed by atoms with Crippen molar-refractivity contribution in [2.75, 3.05) is 25.1 Å². The minimum atomic E-state index is -0.598. The number of anilines is 1. The Morgan fingerprint density at radius 2 is 2.11 bits per heavy atom. The fraction of sp³-hybridized carbons (Fsp3) is 0.500. The molecule has 5 nitrogen and oxygen atoms in total. The highest BCUT2D eigenvalue weighted by molar-refractivity contribution is 5.51. The molecule has 1 aromatic carbocycles. The SMILES string of the molecule is O=[N+]([O-])c1cc(F)cc(NCC2CCOCC2)c1. The average molecular weight is 254 g/mol. The topological polar surface area (TPSA) is 64.4 Å². The lowest BCUT2D eigenvalue weighted by Crippen LogP contribution is -2.22. The standard InChI is InChI=1S/C12H15FN2O3/c13-10-5-11(7-12(6-10)15(16)17)14-8-9-1-3-18-4-2-9/h5-7,9,14H,1-4,8H2. The number of nitro benzene ring substituents is 1. The molecule has 6 heteroatoms. The number of hydrogen-bond acceptors (Lipinski definition) is 4. The third-order valence-electron chi connectivity index (χ3n) is 3.03. The van der Waals surface area contributed by atoms with Gasteiger partial charge in [0.2, 0.25) is 0 Å². The first-order valence-electron chi connectivity index (χ1n) is 5.92. The van der Waals surface area contributed by atoms with Crippen molar-refractivity contribution < 1.29 is 14.1 Å². The maximum Gasteiger partial charge on any atom is 0.274 e. The summed E-state index contributed by atoms with van der Waals surface area (Å²) in [4.78, 5) is 10.0. The summed E-state index contributed by atoms with van der Waals surface area (Å²) in [5, 5.41) is 13.7. The number of nitro groups is 1. The van der Waals surface area contributed by atoms with Crippen LogP contribution in [0.25, 0.3) is 0 Å². The molecule has 2 rings (SSSR count). The smallest absolute Gasteiger partial charge is 0.274 e. The van der Waals surface area contributed by atoms with Gasteiger partial charge in [0, 0.05) is 31.5 Å². The van der Waals surface area contributed by atoms with Crippen LogP contribution in [-0.4, -0.2) is 24.7 Å². The Hall–Kier alpha value is -1.69. The lowest BCUT2D eigenvalue weighted by atomic mass is 10.0. The molecule has 1 heterocycles. The van der Waals surface area contributed by atoms with Gasteiger partial charge in [-0.05, 0) is 24.8 Å². The van der Waals surface area contributed by atoms with Gasteiger partial charge in [-0.2, -0.15) is 0 Å². The van der Waals surface area contributed by atoms with Gasteiger partial charge in [-0.25, -0.2) is 4.39 Å². The molecule has 0 bridgehead atoms. The van der Waals surface area contributed by atoms with E-state index in [1.165, 1.54) is 12.1 Å². The molecule has 1 N–H and O–H groups in total. The van der Waals surface area contributed by atoms with E-state index in [-0.39, 0.29) is 5.69 Å². The van der Waals surface area contributed by atoms with Crippen molar-refractivity contribution in [3.8, 4) is 0 Å². The molecule has 1 saturated heterocycles. The molecule has 1 aliphatic rings. The van der Waals surface area contributed by atoms with Gasteiger partial charge in [0.1, 0.15) is 5.82 Å². The number of rotatable bonds is 4. The van der Waals surface area contributed by atoms with Crippen molar-refractivity contribution >= 4 is 11.4 Å². The number of halogens is 1. The van der Waals surface area contributed by atoms with E-state index in [2.05, 4.69) is 5.32 Å². The van der Waals surface area contributed by atoms with Crippen LogP contribution in [0, 0.1) is 21.8 Å². The quantitative estimate of drug-likeness (QED) is 0.662. The van der Waals surface area contributed by atoms with Crippen molar-refractivity contribution in [2.45, 2.75) is 12.8 Å². The molecular weight excluding hydrogens is 239 g/mol. The summed E-state index contributed by atoms with van der Waals surface area (Å²) in [6.07, 6.45) is 1.93. The summed E-state index contributed by atoms with van der Waals surface area (Å²) in [7, 11) is 0. The molecule has 98 valence electrons. The number of nitrogens with one attached hydrogen (secondary N) is 1. The second-order valence-electron chi connectivity index (χ2n) is 4.39. The van der Waals surface area contributed by atoms with Gasteiger partial charge < -0.3 is 10.1 Å². The van der Waals surface area contributed by atoms with E-state index in [1.807, 2.05) is 0 Å². The predicted molar refractivity (Wildman–Crippen MR) is 65.1 cm³/mol. The van der Waals surface area contributed by atoms with Crippen LogP contribution in [0.3, 0.4) is 0 Å². The molecule has 18 heavy (non-hydrogen) atoms. The minimum Gasteiger partial charge on any atom is -0.384 e. The molecule has 0 aliphatic carbocycles. The second-order valence-corrected chi connectivity index (χ2v) is 4.39. The molecule has 0 spiro atoms. The molecule has 1 aliphatic heterocycles. The summed E-state index contributed by atoms with van der Waals surface area (Å²) >= 11 is 0. The Bertz CT molecular complexity index is 433. The molecule has 0 aromatic heterocycles. The first-order chi connectivity index (χ1) is 8.65. The predicted octanol–water partition coefficient (Wildman–Crippen LogP) is 2.57. The maximum atomic E-state index is 13.2. The first kappa shape index (κ1) is 12.8. The lowest BCUT2D eigenvalue weighted by Gasteiger charge is -2.22. The zero-order chi connectivity index (χ0) is 13.0. The second kappa shape index (κ2) is 5.77. The molecule has 1 fully saturated rings. The van der Waals surface area contributed by atoms with Gasteiger partial charge in [-0.1, -0.05) is 0 Å². The van der Waals surface area contributed by atoms with Crippen LogP contribution >= 0.6 is 0 Å². The molecule has 0 unspecified atom stereocenters. The number of benzene rings is 1. The van der Waals surface area contributed by atoms with E-state index in [0.29, 0.717) is 18.2 Å². The fourth-order valence-electron chi connectivity index (χ4n) is 1.99. The summed E-state index contributed by atoms with van der Waals surface area (Å²) in [6, 6.07) is 3.54. The van der Waals surface area contributed by atoms with Gasteiger partial charge in [-0.15, -0.1) is 0 Å². The number of non-ortho nitro benzene ring substituents is 1. The van der Waals surface area contributed by atoms with Gasteiger partial charge in [0.05, 0.1) is 11.0 Å². The Morgan fingerprint density at radius 3 is 2.78 bits per heavy atom. The minimum absolute atomic E-state index is 0.232. The molecule has 0 radical (unpaired) electrons.